The van der Waals surface area contributed by atoms with Gasteiger partial charge in [0, 0.05) is 9.64 Å². The standard InChI is InChI=1S/C13H14FIN2O3S/c1-8-13(6-10(20-8)7-16-2)21(18,19)17-12-4-3-9(14)5-11(12)15/h3-6,16-17H,7H2,1-2H3. The highest BCUT2D eigenvalue weighted by Crippen LogP contribution is 2.25. The van der Waals surface area contributed by atoms with Gasteiger partial charge < -0.3 is 9.73 Å². The van der Waals surface area contributed by atoms with Crippen LogP contribution in [-0.4, -0.2) is 15.5 Å². The molecule has 0 atom stereocenters. The van der Waals surface area contributed by atoms with E-state index in [-0.39, 0.29) is 4.90 Å². The van der Waals surface area contributed by atoms with E-state index in [0.717, 1.165) is 0 Å². The summed E-state index contributed by atoms with van der Waals surface area (Å²) in [4.78, 5) is 0.0767. The quantitative estimate of drug-likeness (QED) is 0.725. The van der Waals surface area contributed by atoms with Crippen LogP contribution >= 0.6 is 22.6 Å². The summed E-state index contributed by atoms with van der Waals surface area (Å²) in [6.07, 6.45) is 0. The van der Waals surface area contributed by atoms with Crippen LogP contribution in [0.3, 0.4) is 0 Å². The van der Waals surface area contributed by atoms with Crippen LogP contribution < -0.4 is 10.0 Å². The Balaban J connectivity index is 2.34. The molecule has 0 aliphatic heterocycles. The van der Waals surface area contributed by atoms with Crippen LogP contribution in [0, 0.1) is 16.3 Å². The van der Waals surface area contributed by atoms with Gasteiger partial charge in [-0.2, -0.15) is 0 Å². The average Bonchev–Trinajstić information content (AvgIpc) is 2.75. The van der Waals surface area contributed by atoms with Crippen molar-refractivity contribution in [2.45, 2.75) is 18.4 Å². The monoisotopic (exact) mass is 424 g/mol. The van der Waals surface area contributed by atoms with Crippen molar-refractivity contribution in [3.63, 3.8) is 0 Å². The fourth-order valence-electron chi connectivity index (χ4n) is 1.82. The molecule has 1 aromatic carbocycles. The van der Waals surface area contributed by atoms with E-state index in [2.05, 4.69) is 10.0 Å². The van der Waals surface area contributed by atoms with Crippen LogP contribution in [0.5, 0.6) is 0 Å². The lowest BCUT2D eigenvalue weighted by Crippen LogP contribution is -2.14. The van der Waals surface area contributed by atoms with Gasteiger partial charge in [-0.1, -0.05) is 0 Å². The molecule has 0 spiro atoms. The maximum Gasteiger partial charge on any atom is 0.265 e. The number of benzene rings is 1. The van der Waals surface area contributed by atoms with Gasteiger partial charge in [-0.25, -0.2) is 12.8 Å². The third-order valence-corrected chi connectivity index (χ3v) is 5.10. The second-order valence-electron chi connectivity index (χ2n) is 4.39. The van der Waals surface area contributed by atoms with Crippen LogP contribution in [0.1, 0.15) is 11.5 Å². The van der Waals surface area contributed by atoms with Crippen LogP contribution in [0.15, 0.2) is 33.6 Å². The first-order valence-electron chi connectivity index (χ1n) is 6.05. The van der Waals surface area contributed by atoms with Gasteiger partial charge in [-0.15, -0.1) is 0 Å². The Kier molecular flexibility index (Phi) is 4.89. The number of aryl methyl sites for hydroxylation is 1. The third-order valence-electron chi connectivity index (χ3n) is 2.74. The molecule has 0 aliphatic carbocycles. The molecule has 21 heavy (non-hydrogen) atoms. The number of sulfonamides is 1. The van der Waals surface area contributed by atoms with E-state index in [9.17, 15) is 12.8 Å². The number of halogens is 2. The molecule has 114 valence electrons. The summed E-state index contributed by atoms with van der Waals surface area (Å²) in [5.41, 5.74) is 0.327. The van der Waals surface area contributed by atoms with E-state index >= 15 is 0 Å². The van der Waals surface area contributed by atoms with Gasteiger partial charge >= 0.3 is 0 Å². The molecular weight excluding hydrogens is 410 g/mol. The van der Waals surface area contributed by atoms with Crippen LogP contribution in [0.4, 0.5) is 10.1 Å². The van der Waals surface area contributed by atoms with Gasteiger partial charge in [0.15, 0.2) is 0 Å². The summed E-state index contributed by atoms with van der Waals surface area (Å²) in [5.74, 6) is 0.423. The number of furan rings is 1. The molecule has 5 nitrogen and oxygen atoms in total. The fraction of sp³-hybridized carbons (Fsp3) is 0.231. The second kappa shape index (κ2) is 6.32. The average molecular weight is 424 g/mol. The highest BCUT2D eigenvalue weighted by Gasteiger charge is 2.22. The highest BCUT2D eigenvalue weighted by atomic mass is 127. The Bertz CT molecular complexity index is 759. The third kappa shape index (κ3) is 3.74. The molecular formula is C13H14FIN2O3S. The summed E-state index contributed by atoms with van der Waals surface area (Å²) < 4.78 is 46.1. The Labute approximate surface area is 136 Å². The molecule has 0 unspecified atom stereocenters. The maximum atomic E-state index is 13.1. The molecule has 8 heteroatoms. The minimum Gasteiger partial charge on any atom is -0.464 e. The van der Waals surface area contributed by atoms with E-state index < -0.39 is 15.8 Å². The Morgan fingerprint density at radius 3 is 2.67 bits per heavy atom. The van der Waals surface area contributed by atoms with Crippen molar-refractivity contribution < 1.29 is 17.2 Å². The van der Waals surface area contributed by atoms with E-state index in [1.54, 1.807) is 14.0 Å². The van der Waals surface area contributed by atoms with Crippen molar-refractivity contribution in [2.24, 2.45) is 0 Å². The lowest BCUT2D eigenvalue weighted by Gasteiger charge is -2.08. The molecule has 2 N–H and O–H groups in total. The van der Waals surface area contributed by atoms with Crippen LogP contribution in [0.25, 0.3) is 0 Å². The zero-order chi connectivity index (χ0) is 15.6. The minimum atomic E-state index is -3.78. The normalized spacial score (nSPS) is 11.6. The van der Waals surface area contributed by atoms with Gasteiger partial charge in [-0.05, 0) is 54.8 Å². The van der Waals surface area contributed by atoms with E-state index in [0.29, 0.717) is 27.3 Å². The van der Waals surface area contributed by atoms with Crippen molar-refractivity contribution in [3.05, 3.63) is 45.2 Å². The summed E-state index contributed by atoms with van der Waals surface area (Å²) in [6.45, 7) is 2.02. The number of hydrogen-bond donors (Lipinski definition) is 2. The SMILES string of the molecule is CNCc1cc(S(=O)(=O)Nc2ccc(F)cc2I)c(C)o1. The molecule has 1 aromatic heterocycles. The Morgan fingerprint density at radius 1 is 1.33 bits per heavy atom. The predicted molar refractivity (Wildman–Crippen MR) is 86.1 cm³/mol. The van der Waals surface area contributed by atoms with Gasteiger partial charge in [-0.3, -0.25) is 4.72 Å². The first kappa shape index (κ1) is 16.2. The first-order chi connectivity index (χ1) is 9.83. The van der Waals surface area contributed by atoms with E-state index in [1.807, 2.05) is 22.6 Å². The van der Waals surface area contributed by atoms with Crippen molar-refractivity contribution in [3.8, 4) is 0 Å². The van der Waals surface area contributed by atoms with Crippen molar-refractivity contribution in [2.75, 3.05) is 11.8 Å². The Hall–Kier alpha value is -1.13. The second-order valence-corrected chi connectivity index (χ2v) is 7.21. The molecule has 0 radical (unpaired) electrons. The van der Waals surface area contributed by atoms with Gasteiger partial charge in [0.05, 0.1) is 12.2 Å². The summed E-state index contributed by atoms with van der Waals surface area (Å²) in [6, 6.07) is 5.32. The van der Waals surface area contributed by atoms with Crippen molar-refractivity contribution in [1.29, 1.82) is 0 Å². The summed E-state index contributed by atoms with van der Waals surface area (Å²) >= 11 is 1.87. The van der Waals surface area contributed by atoms with Crippen molar-refractivity contribution >= 4 is 38.3 Å². The maximum absolute atomic E-state index is 13.1. The predicted octanol–water partition coefficient (Wildman–Crippen LogP) is 2.85. The van der Waals surface area contributed by atoms with Crippen molar-refractivity contribution in [1.82, 2.24) is 5.32 Å². The molecule has 2 rings (SSSR count). The summed E-state index contributed by atoms with van der Waals surface area (Å²) in [7, 11) is -2.03. The van der Waals surface area contributed by atoms with Gasteiger partial charge in [0.1, 0.15) is 22.2 Å². The molecule has 0 saturated carbocycles. The molecule has 0 aliphatic rings. The zero-order valence-corrected chi connectivity index (χ0v) is 14.4. The smallest absolute Gasteiger partial charge is 0.265 e. The topological polar surface area (TPSA) is 71.3 Å². The molecule has 0 fully saturated rings. The molecule has 2 aromatic rings. The van der Waals surface area contributed by atoms with E-state index in [4.69, 9.17) is 4.42 Å². The van der Waals surface area contributed by atoms with Gasteiger partial charge in [0.25, 0.3) is 10.0 Å². The largest absolute Gasteiger partial charge is 0.464 e. The zero-order valence-electron chi connectivity index (χ0n) is 11.4. The highest BCUT2D eigenvalue weighted by molar-refractivity contribution is 14.1. The first-order valence-corrected chi connectivity index (χ1v) is 8.61. The van der Waals surface area contributed by atoms with Crippen LogP contribution in [-0.2, 0) is 16.6 Å². The Morgan fingerprint density at radius 2 is 2.05 bits per heavy atom. The lowest BCUT2D eigenvalue weighted by molar-refractivity contribution is 0.466. The van der Waals surface area contributed by atoms with E-state index in [1.165, 1.54) is 24.3 Å². The van der Waals surface area contributed by atoms with Crippen LogP contribution in [0.2, 0.25) is 0 Å². The number of rotatable bonds is 5. The van der Waals surface area contributed by atoms with Gasteiger partial charge in [0.2, 0.25) is 0 Å². The molecule has 1 heterocycles. The summed E-state index contributed by atoms with van der Waals surface area (Å²) in [5, 5.41) is 2.89. The lowest BCUT2D eigenvalue weighted by atomic mass is 10.3. The minimum absolute atomic E-state index is 0.0767. The number of hydrogen-bond acceptors (Lipinski definition) is 4. The number of anilines is 1. The molecule has 0 amide bonds. The fourth-order valence-corrected chi connectivity index (χ4v) is 3.90. The molecule has 0 bridgehead atoms. The molecule has 0 saturated heterocycles. The number of nitrogens with one attached hydrogen (secondary N) is 2.